The first-order chi connectivity index (χ1) is 11.8. The first kappa shape index (κ1) is 15.4. The molecule has 1 aliphatic carbocycles. The van der Waals surface area contributed by atoms with E-state index in [0.29, 0.717) is 18.2 Å². The van der Waals surface area contributed by atoms with Gasteiger partial charge in [-0.2, -0.15) is 5.10 Å². The summed E-state index contributed by atoms with van der Waals surface area (Å²) in [5.74, 6) is 0.677. The number of likely N-dealkylation sites (tertiary alicyclic amines) is 1. The first-order valence-corrected chi connectivity index (χ1v) is 9.01. The number of hydrogen-bond acceptors (Lipinski definition) is 3. The molecule has 0 radical (unpaired) electrons. The second-order valence-corrected chi connectivity index (χ2v) is 7.00. The van der Waals surface area contributed by atoms with Crippen LogP contribution in [-0.2, 0) is 11.2 Å². The molecule has 0 saturated carbocycles. The predicted octanol–water partition coefficient (Wildman–Crippen LogP) is 2.95. The molecule has 0 N–H and O–H groups in total. The zero-order valence-electron chi connectivity index (χ0n) is 14.0. The van der Waals surface area contributed by atoms with Crippen LogP contribution >= 0.6 is 0 Å². The molecule has 1 aromatic heterocycles. The van der Waals surface area contributed by atoms with Gasteiger partial charge >= 0.3 is 0 Å². The number of carbonyl (C=O) groups excluding carboxylic acids is 1. The molecule has 4 rings (SSSR count). The van der Waals surface area contributed by atoms with E-state index in [9.17, 15) is 4.79 Å². The van der Waals surface area contributed by atoms with Crippen LogP contribution in [0.25, 0.3) is 0 Å². The average Bonchev–Trinajstić information content (AvgIpc) is 3.17. The van der Waals surface area contributed by atoms with Crippen LogP contribution in [0.1, 0.15) is 55.2 Å². The van der Waals surface area contributed by atoms with Crippen molar-refractivity contribution in [3.8, 4) is 0 Å². The molecule has 2 atom stereocenters. The average molecular weight is 324 g/mol. The van der Waals surface area contributed by atoms with Crippen LogP contribution in [-0.4, -0.2) is 38.7 Å². The molecule has 5 nitrogen and oxygen atoms in total. The highest BCUT2D eigenvalue weighted by Crippen LogP contribution is 2.34. The molecule has 24 heavy (non-hydrogen) atoms. The minimum Gasteiger partial charge on any atom is -0.341 e. The Morgan fingerprint density at radius 3 is 3.00 bits per heavy atom. The third-order valence-corrected chi connectivity index (χ3v) is 5.47. The van der Waals surface area contributed by atoms with Gasteiger partial charge in [0.1, 0.15) is 12.7 Å². The van der Waals surface area contributed by atoms with Crippen LogP contribution in [0.3, 0.4) is 0 Å². The van der Waals surface area contributed by atoms with Crippen LogP contribution in [0.15, 0.2) is 36.9 Å². The van der Waals surface area contributed by atoms with Gasteiger partial charge in [-0.25, -0.2) is 9.67 Å². The van der Waals surface area contributed by atoms with E-state index in [1.54, 1.807) is 12.7 Å². The van der Waals surface area contributed by atoms with E-state index in [0.717, 1.165) is 38.8 Å². The van der Waals surface area contributed by atoms with Gasteiger partial charge in [0.2, 0.25) is 5.91 Å². The molecular formula is C19H24N4O. The quantitative estimate of drug-likeness (QED) is 0.872. The second-order valence-electron chi connectivity index (χ2n) is 7.00. The number of fused-ring (bicyclic) bond motifs is 1. The fourth-order valence-electron chi connectivity index (χ4n) is 4.21. The smallest absolute Gasteiger partial charge is 0.223 e. The standard InChI is InChI=1S/C19H24N4O/c24-19(11-16-7-3-6-15-5-1-2-9-18(15)16)22-10-4-8-17(12-22)23-14-20-13-21-23/h1-2,5,9,13-14,16-17H,3-4,6-8,10-12H2/t16-,17-/m0/s1. The minimum absolute atomic E-state index is 0.267. The van der Waals surface area contributed by atoms with Gasteiger partial charge in [-0.05, 0) is 49.1 Å². The summed E-state index contributed by atoms with van der Waals surface area (Å²) >= 11 is 0. The summed E-state index contributed by atoms with van der Waals surface area (Å²) in [6, 6.07) is 8.90. The maximum atomic E-state index is 12.9. The number of hydrogen-bond donors (Lipinski definition) is 0. The van der Waals surface area contributed by atoms with E-state index in [4.69, 9.17) is 0 Å². The zero-order valence-corrected chi connectivity index (χ0v) is 14.0. The molecule has 1 aromatic carbocycles. The molecule has 1 aliphatic heterocycles. The van der Waals surface area contributed by atoms with Gasteiger partial charge in [0.05, 0.1) is 6.04 Å². The molecule has 1 fully saturated rings. The first-order valence-electron chi connectivity index (χ1n) is 9.01. The number of carbonyl (C=O) groups is 1. The Bertz CT molecular complexity index is 697. The molecule has 1 saturated heterocycles. The molecule has 0 unspecified atom stereocenters. The summed E-state index contributed by atoms with van der Waals surface area (Å²) in [7, 11) is 0. The lowest BCUT2D eigenvalue weighted by Gasteiger charge is -2.34. The van der Waals surface area contributed by atoms with E-state index >= 15 is 0 Å². The van der Waals surface area contributed by atoms with Gasteiger partial charge in [-0.3, -0.25) is 4.79 Å². The lowest BCUT2D eigenvalue weighted by Crippen LogP contribution is -2.41. The van der Waals surface area contributed by atoms with Crippen molar-refractivity contribution in [1.29, 1.82) is 0 Å². The second kappa shape index (κ2) is 6.75. The minimum atomic E-state index is 0.267. The fourth-order valence-corrected chi connectivity index (χ4v) is 4.21. The highest BCUT2D eigenvalue weighted by atomic mass is 16.2. The van der Waals surface area contributed by atoms with Crippen LogP contribution in [0.4, 0.5) is 0 Å². The van der Waals surface area contributed by atoms with Crippen LogP contribution in [0.5, 0.6) is 0 Å². The highest BCUT2D eigenvalue weighted by Gasteiger charge is 2.28. The molecule has 126 valence electrons. The van der Waals surface area contributed by atoms with Gasteiger partial charge in [0, 0.05) is 19.5 Å². The SMILES string of the molecule is O=C(C[C@@H]1CCCc2ccccc21)N1CCC[C@H](n2cncn2)C1. The molecular weight excluding hydrogens is 300 g/mol. The van der Waals surface area contributed by atoms with Crippen molar-refractivity contribution in [2.75, 3.05) is 13.1 Å². The largest absolute Gasteiger partial charge is 0.341 e. The van der Waals surface area contributed by atoms with Crippen LogP contribution in [0, 0.1) is 0 Å². The Morgan fingerprint density at radius 1 is 1.21 bits per heavy atom. The van der Waals surface area contributed by atoms with Crippen molar-refractivity contribution in [3.05, 3.63) is 48.0 Å². The summed E-state index contributed by atoms with van der Waals surface area (Å²) in [6.07, 6.45) is 9.55. The van der Waals surface area contributed by atoms with Crippen molar-refractivity contribution in [2.24, 2.45) is 0 Å². The Kier molecular flexibility index (Phi) is 4.32. The number of nitrogens with zero attached hydrogens (tertiary/aromatic N) is 4. The Morgan fingerprint density at radius 2 is 2.12 bits per heavy atom. The maximum absolute atomic E-state index is 12.9. The monoisotopic (exact) mass is 324 g/mol. The lowest BCUT2D eigenvalue weighted by molar-refractivity contribution is -0.133. The Balaban J connectivity index is 1.43. The molecule has 1 amide bonds. The third-order valence-electron chi connectivity index (χ3n) is 5.47. The maximum Gasteiger partial charge on any atom is 0.223 e. The van der Waals surface area contributed by atoms with Gasteiger partial charge < -0.3 is 4.90 Å². The van der Waals surface area contributed by atoms with Gasteiger partial charge in [0.25, 0.3) is 0 Å². The summed E-state index contributed by atoms with van der Waals surface area (Å²) in [5.41, 5.74) is 2.82. The van der Waals surface area contributed by atoms with Gasteiger partial charge in [-0.15, -0.1) is 0 Å². The Hall–Kier alpha value is -2.17. The zero-order chi connectivity index (χ0) is 16.4. The molecule has 2 aromatic rings. The van der Waals surface area contributed by atoms with Gasteiger partial charge in [-0.1, -0.05) is 24.3 Å². The molecule has 2 aliphatic rings. The molecule has 0 spiro atoms. The van der Waals surface area contributed by atoms with Crippen molar-refractivity contribution >= 4 is 5.91 Å². The van der Waals surface area contributed by atoms with Crippen molar-refractivity contribution in [1.82, 2.24) is 19.7 Å². The van der Waals surface area contributed by atoms with Crippen molar-refractivity contribution in [2.45, 2.75) is 50.5 Å². The number of benzene rings is 1. The van der Waals surface area contributed by atoms with E-state index in [1.165, 1.54) is 17.5 Å². The van der Waals surface area contributed by atoms with Gasteiger partial charge in [0.15, 0.2) is 0 Å². The predicted molar refractivity (Wildman–Crippen MR) is 91.6 cm³/mol. The highest BCUT2D eigenvalue weighted by molar-refractivity contribution is 5.77. The summed E-state index contributed by atoms with van der Waals surface area (Å²) in [6.45, 7) is 1.63. The third kappa shape index (κ3) is 3.07. The number of aromatic nitrogens is 3. The Labute approximate surface area is 142 Å². The van der Waals surface area contributed by atoms with Crippen molar-refractivity contribution < 1.29 is 4.79 Å². The van der Waals surface area contributed by atoms with E-state index in [2.05, 4.69) is 34.3 Å². The summed E-state index contributed by atoms with van der Waals surface area (Å²) in [4.78, 5) is 18.9. The summed E-state index contributed by atoms with van der Waals surface area (Å²) < 4.78 is 1.90. The fraction of sp³-hybridized carbons (Fsp3) is 0.526. The molecule has 5 heteroatoms. The van der Waals surface area contributed by atoms with E-state index in [-0.39, 0.29) is 6.04 Å². The lowest BCUT2D eigenvalue weighted by atomic mass is 9.81. The normalized spacial score (nSPS) is 23.8. The van der Waals surface area contributed by atoms with E-state index < -0.39 is 0 Å². The van der Waals surface area contributed by atoms with Crippen LogP contribution < -0.4 is 0 Å². The van der Waals surface area contributed by atoms with Crippen LogP contribution in [0.2, 0.25) is 0 Å². The topological polar surface area (TPSA) is 51.0 Å². The number of rotatable bonds is 3. The number of amides is 1. The number of piperidine rings is 1. The van der Waals surface area contributed by atoms with Crippen molar-refractivity contribution in [3.63, 3.8) is 0 Å². The molecule has 2 heterocycles. The van der Waals surface area contributed by atoms with E-state index in [1.807, 2.05) is 9.58 Å². The molecule has 0 bridgehead atoms. The summed E-state index contributed by atoms with van der Waals surface area (Å²) in [5, 5.41) is 4.25. The number of aryl methyl sites for hydroxylation is 1.